The molecule has 0 saturated carbocycles. The van der Waals surface area contributed by atoms with Crippen molar-refractivity contribution in [3.05, 3.63) is 0 Å². The van der Waals surface area contributed by atoms with Gasteiger partial charge in [-0.25, -0.2) is 0 Å². The van der Waals surface area contributed by atoms with Crippen molar-refractivity contribution in [2.24, 2.45) is 0 Å². The zero-order valence-electron chi connectivity index (χ0n) is 3.70. The van der Waals surface area contributed by atoms with Crippen LogP contribution in [0.25, 0.3) is 11.7 Å². The Balaban J connectivity index is 2.84. The summed E-state index contributed by atoms with van der Waals surface area (Å²) in [5.74, 6) is 0.745. The second-order valence-corrected chi connectivity index (χ2v) is 1.22. The molecule has 0 unspecified atom stereocenters. The largest absolute Gasteiger partial charge is 0.339 e. The number of rotatable bonds is 0. The van der Waals surface area contributed by atoms with Crippen LogP contribution in [0, 0.1) is 0 Å². The van der Waals surface area contributed by atoms with Gasteiger partial charge in [-0.2, -0.15) is 0 Å². The van der Waals surface area contributed by atoms with E-state index < -0.39 is 0 Å². The van der Waals surface area contributed by atoms with E-state index in [0.717, 1.165) is 0 Å². The Bertz CT molecular complexity index is 202. The molecule has 2 rings (SSSR count). The zero-order chi connectivity index (χ0) is 5.40. The molecule has 6 heteroatoms. The first kappa shape index (κ1) is 3.53. The number of aromatic nitrogens is 5. The topological polar surface area (TPSA) is 80.5 Å². The SMILES string of the molecule is n1nc2n[nH]oc-2n1. The maximum absolute atomic E-state index is 4.59. The minimum atomic E-state index is 0.338. The lowest BCUT2D eigenvalue weighted by molar-refractivity contribution is 0.395. The van der Waals surface area contributed by atoms with Crippen LogP contribution in [0.5, 0.6) is 0 Å². The van der Waals surface area contributed by atoms with Gasteiger partial charge >= 0.3 is 5.89 Å². The van der Waals surface area contributed by atoms with Crippen LogP contribution in [0.2, 0.25) is 0 Å². The van der Waals surface area contributed by atoms with Crippen LogP contribution in [0.15, 0.2) is 4.52 Å². The molecule has 0 aromatic carbocycles. The van der Waals surface area contributed by atoms with Crippen LogP contribution in [-0.4, -0.2) is 25.8 Å². The van der Waals surface area contributed by atoms with Crippen LogP contribution in [0.1, 0.15) is 0 Å². The normalized spacial score (nSPS) is 10.5. The van der Waals surface area contributed by atoms with Crippen LogP contribution in [-0.2, 0) is 0 Å². The fourth-order valence-electron chi connectivity index (χ4n) is 0.438. The summed E-state index contributed by atoms with van der Waals surface area (Å²) in [5, 5.41) is 16.0. The molecular formula is C2HN5O. The highest BCUT2D eigenvalue weighted by Gasteiger charge is 2.10. The quantitative estimate of drug-likeness (QED) is 0.485. The first-order valence-corrected chi connectivity index (χ1v) is 1.95. The van der Waals surface area contributed by atoms with Crippen molar-refractivity contribution < 1.29 is 4.52 Å². The maximum atomic E-state index is 4.59. The van der Waals surface area contributed by atoms with Crippen molar-refractivity contribution in [3.63, 3.8) is 0 Å². The Hall–Kier alpha value is -1.46. The Morgan fingerprint density at radius 1 is 1.38 bits per heavy atom. The minimum Gasteiger partial charge on any atom is -0.339 e. The molecule has 2 aliphatic rings. The van der Waals surface area contributed by atoms with Crippen LogP contribution < -0.4 is 0 Å². The van der Waals surface area contributed by atoms with Crippen molar-refractivity contribution in [1.29, 1.82) is 0 Å². The average Bonchev–Trinajstić information content (AvgIpc) is 2.15. The van der Waals surface area contributed by atoms with Gasteiger partial charge in [-0.05, 0) is 5.21 Å². The van der Waals surface area contributed by atoms with Gasteiger partial charge in [0.2, 0.25) is 0 Å². The van der Waals surface area contributed by atoms with E-state index in [1.54, 1.807) is 0 Å². The second kappa shape index (κ2) is 1.03. The summed E-state index contributed by atoms with van der Waals surface area (Å²) in [5.41, 5.74) is 0. The number of nitrogens with zero attached hydrogens (tertiary/aromatic N) is 4. The Labute approximate surface area is 43.2 Å². The molecule has 0 aliphatic carbocycles. The van der Waals surface area contributed by atoms with E-state index in [1.165, 1.54) is 0 Å². The van der Waals surface area contributed by atoms with E-state index in [-0.39, 0.29) is 0 Å². The molecule has 2 aliphatic heterocycles. The lowest BCUT2D eigenvalue weighted by Crippen LogP contribution is -1.71. The third kappa shape index (κ3) is 0.269. The number of H-pyrrole nitrogens is 1. The smallest absolute Gasteiger partial charge is 0.316 e. The molecule has 0 spiro atoms. The van der Waals surface area contributed by atoms with Gasteiger partial charge in [0.15, 0.2) is 0 Å². The van der Waals surface area contributed by atoms with E-state index >= 15 is 0 Å². The van der Waals surface area contributed by atoms with Crippen LogP contribution in [0.3, 0.4) is 0 Å². The summed E-state index contributed by atoms with van der Waals surface area (Å²) in [6.45, 7) is 0. The van der Waals surface area contributed by atoms with Crippen molar-refractivity contribution in [1.82, 2.24) is 25.8 Å². The van der Waals surface area contributed by atoms with Gasteiger partial charge in [0.25, 0.3) is 5.82 Å². The molecular weight excluding hydrogens is 110 g/mol. The van der Waals surface area contributed by atoms with Crippen LogP contribution >= 0.6 is 0 Å². The summed E-state index contributed by atoms with van der Waals surface area (Å²) in [7, 11) is 0. The monoisotopic (exact) mass is 111 g/mol. The van der Waals surface area contributed by atoms with Crippen molar-refractivity contribution >= 4 is 0 Å². The van der Waals surface area contributed by atoms with Gasteiger partial charge in [-0.1, -0.05) is 5.10 Å². The molecule has 0 bridgehead atoms. The summed E-state index contributed by atoms with van der Waals surface area (Å²) in [4.78, 5) is 0. The minimum absolute atomic E-state index is 0.338. The van der Waals surface area contributed by atoms with Gasteiger partial charge in [0.1, 0.15) is 0 Å². The van der Waals surface area contributed by atoms with Crippen LogP contribution in [0.4, 0.5) is 0 Å². The zero-order valence-corrected chi connectivity index (χ0v) is 3.70. The molecule has 40 valence electrons. The molecule has 0 amide bonds. The number of fused-ring (bicyclic) bond motifs is 1. The molecule has 0 atom stereocenters. The van der Waals surface area contributed by atoms with E-state index in [4.69, 9.17) is 0 Å². The average molecular weight is 111 g/mol. The highest BCUT2D eigenvalue weighted by atomic mass is 16.5. The van der Waals surface area contributed by atoms with E-state index in [9.17, 15) is 0 Å². The number of hydrogen-bond donors (Lipinski definition) is 1. The fraction of sp³-hybridized carbons (Fsp3) is 0. The highest BCUT2D eigenvalue weighted by Crippen LogP contribution is 2.07. The Morgan fingerprint density at radius 3 is 3.25 bits per heavy atom. The molecule has 0 radical (unpaired) electrons. The van der Waals surface area contributed by atoms with Crippen molar-refractivity contribution in [3.8, 4) is 11.7 Å². The van der Waals surface area contributed by atoms with Gasteiger partial charge in [-0.15, -0.1) is 15.5 Å². The Morgan fingerprint density at radius 2 is 2.38 bits per heavy atom. The van der Waals surface area contributed by atoms with E-state index in [0.29, 0.717) is 11.7 Å². The first-order chi connectivity index (χ1) is 3.97. The number of nitrogens with one attached hydrogen (secondary N) is 1. The second-order valence-electron chi connectivity index (χ2n) is 1.22. The molecule has 1 N–H and O–H groups in total. The predicted octanol–water partition coefficient (Wildman–Crippen LogP) is -0.708. The van der Waals surface area contributed by atoms with Crippen molar-refractivity contribution in [2.45, 2.75) is 0 Å². The van der Waals surface area contributed by atoms with Gasteiger partial charge in [-0.3, -0.25) is 0 Å². The predicted molar refractivity (Wildman–Crippen MR) is 20.9 cm³/mol. The molecule has 6 nitrogen and oxygen atoms in total. The summed E-state index contributed by atoms with van der Waals surface area (Å²) in [6, 6.07) is 0. The number of aromatic amines is 1. The third-order valence-electron chi connectivity index (χ3n) is 0.760. The van der Waals surface area contributed by atoms with Gasteiger partial charge in [0, 0.05) is 0 Å². The van der Waals surface area contributed by atoms with Crippen molar-refractivity contribution in [2.75, 3.05) is 0 Å². The molecule has 0 aromatic rings. The molecule has 8 heavy (non-hydrogen) atoms. The van der Waals surface area contributed by atoms with E-state index in [1.807, 2.05) is 0 Å². The summed E-state index contributed by atoms with van der Waals surface area (Å²) in [6.07, 6.45) is 0. The molecule has 0 aromatic heterocycles. The third-order valence-corrected chi connectivity index (χ3v) is 0.760. The summed E-state index contributed by atoms with van der Waals surface area (Å²) < 4.78 is 4.59. The lowest BCUT2D eigenvalue weighted by Gasteiger charge is -1.63. The molecule has 0 saturated heterocycles. The molecule has 0 fully saturated rings. The Kier molecular flexibility index (Phi) is 0.454. The fourth-order valence-corrected chi connectivity index (χ4v) is 0.438. The standard InChI is InChI=1S/C2HN5O/c3-1-2(5-6-3)8-7-4-1/h7H. The number of hydrogen-bond acceptors (Lipinski definition) is 5. The van der Waals surface area contributed by atoms with Gasteiger partial charge < -0.3 is 4.52 Å². The summed E-state index contributed by atoms with van der Waals surface area (Å²) >= 11 is 0. The van der Waals surface area contributed by atoms with E-state index in [2.05, 4.69) is 30.3 Å². The lowest BCUT2D eigenvalue weighted by atomic mass is 10.6. The first-order valence-electron chi connectivity index (χ1n) is 1.95. The highest BCUT2D eigenvalue weighted by molar-refractivity contribution is 5.36. The molecule has 2 heterocycles. The maximum Gasteiger partial charge on any atom is 0.316 e. The van der Waals surface area contributed by atoms with Gasteiger partial charge in [0.05, 0.1) is 0 Å².